The monoisotopic (exact) mass is 372 g/mol. The van der Waals surface area contributed by atoms with Crippen molar-refractivity contribution < 1.29 is 14.4 Å². The number of carbonyl (C=O) groups is 3. The van der Waals surface area contributed by atoms with Crippen molar-refractivity contribution in [1.82, 2.24) is 20.0 Å². The summed E-state index contributed by atoms with van der Waals surface area (Å²) in [7, 11) is 0. The van der Waals surface area contributed by atoms with Gasteiger partial charge in [0.05, 0.1) is 0 Å². The Morgan fingerprint density at radius 1 is 0.889 bits per heavy atom. The molecular formula is C20H28N4O3. The number of urea groups is 1. The molecule has 3 rings (SSSR count). The van der Waals surface area contributed by atoms with Crippen molar-refractivity contribution in [2.75, 3.05) is 39.3 Å². The normalized spacial score (nSPS) is 18.3. The lowest BCUT2D eigenvalue weighted by Crippen LogP contribution is -2.54. The Hall–Kier alpha value is -2.57. The molecule has 2 fully saturated rings. The molecule has 1 N–H and O–H groups in total. The summed E-state index contributed by atoms with van der Waals surface area (Å²) in [4.78, 5) is 41.9. The summed E-state index contributed by atoms with van der Waals surface area (Å²) < 4.78 is 0. The molecular weight excluding hydrogens is 344 g/mol. The highest BCUT2D eigenvalue weighted by molar-refractivity contribution is 5.80. The molecule has 7 heteroatoms. The van der Waals surface area contributed by atoms with Crippen LogP contribution in [-0.4, -0.2) is 71.8 Å². The summed E-state index contributed by atoms with van der Waals surface area (Å²) in [6, 6.07) is 9.73. The summed E-state index contributed by atoms with van der Waals surface area (Å²) in [6.07, 6.45) is 1.46. The fourth-order valence-electron chi connectivity index (χ4n) is 3.71. The molecule has 146 valence electrons. The van der Waals surface area contributed by atoms with Crippen LogP contribution in [0.3, 0.4) is 0 Å². The van der Waals surface area contributed by atoms with Gasteiger partial charge >= 0.3 is 6.03 Å². The lowest BCUT2D eigenvalue weighted by atomic mass is 9.95. The zero-order valence-corrected chi connectivity index (χ0v) is 15.9. The van der Waals surface area contributed by atoms with Gasteiger partial charge in [-0.15, -0.1) is 0 Å². The van der Waals surface area contributed by atoms with Crippen molar-refractivity contribution in [1.29, 1.82) is 0 Å². The van der Waals surface area contributed by atoms with Gasteiger partial charge in [0, 0.05) is 58.7 Å². The average molecular weight is 372 g/mol. The van der Waals surface area contributed by atoms with E-state index in [-0.39, 0.29) is 23.8 Å². The standard InChI is InChI=1S/C20H28N4O3/c1-16(25)22-9-7-18(8-10-22)19(26)23-11-13-24(14-12-23)20(27)21-15-17-5-3-2-4-6-17/h2-6,18H,7-15H2,1H3,(H,21,27). The van der Waals surface area contributed by atoms with Crippen LogP contribution in [0.15, 0.2) is 30.3 Å². The van der Waals surface area contributed by atoms with E-state index >= 15 is 0 Å². The molecule has 0 atom stereocenters. The third-order valence-corrected chi connectivity index (χ3v) is 5.45. The van der Waals surface area contributed by atoms with E-state index in [4.69, 9.17) is 0 Å². The number of hydrogen-bond acceptors (Lipinski definition) is 3. The second-order valence-electron chi connectivity index (χ2n) is 7.24. The van der Waals surface area contributed by atoms with Crippen LogP contribution in [0.1, 0.15) is 25.3 Å². The molecule has 0 spiro atoms. The Bertz CT molecular complexity index is 663. The summed E-state index contributed by atoms with van der Waals surface area (Å²) >= 11 is 0. The van der Waals surface area contributed by atoms with Crippen molar-refractivity contribution in [2.24, 2.45) is 5.92 Å². The molecule has 27 heavy (non-hydrogen) atoms. The van der Waals surface area contributed by atoms with Gasteiger partial charge in [-0.25, -0.2) is 4.79 Å². The van der Waals surface area contributed by atoms with Crippen molar-refractivity contribution in [3.05, 3.63) is 35.9 Å². The SMILES string of the molecule is CC(=O)N1CCC(C(=O)N2CCN(C(=O)NCc3ccccc3)CC2)CC1. The Morgan fingerprint density at radius 3 is 2.07 bits per heavy atom. The minimum absolute atomic E-state index is 0.000873. The first-order valence-corrected chi connectivity index (χ1v) is 9.65. The zero-order chi connectivity index (χ0) is 19.2. The van der Waals surface area contributed by atoms with Crippen molar-refractivity contribution >= 4 is 17.8 Å². The van der Waals surface area contributed by atoms with Crippen molar-refractivity contribution in [2.45, 2.75) is 26.3 Å². The molecule has 1 aromatic rings. The van der Waals surface area contributed by atoms with Crippen molar-refractivity contribution in [3.63, 3.8) is 0 Å². The molecule has 2 aliphatic rings. The summed E-state index contributed by atoms with van der Waals surface area (Å²) in [5.41, 5.74) is 1.07. The first-order valence-electron chi connectivity index (χ1n) is 9.65. The van der Waals surface area contributed by atoms with Crippen LogP contribution in [-0.2, 0) is 16.1 Å². The maximum Gasteiger partial charge on any atom is 0.317 e. The molecule has 0 aliphatic carbocycles. The third-order valence-electron chi connectivity index (χ3n) is 5.45. The third kappa shape index (κ3) is 4.99. The predicted molar refractivity (Wildman–Crippen MR) is 102 cm³/mol. The maximum atomic E-state index is 12.7. The van der Waals surface area contributed by atoms with Gasteiger partial charge in [0.2, 0.25) is 11.8 Å². The summed E-state index contributed by atoms with van der Waals surface area (Å²) in [6.45, 7) is 5.66. The average Bonchev–Trinajstić information content (AvgIpc) is 2.72. The Balaban J connectivity index is 1.41. The lowest BCUT2D eigenvalue weighted by molar-refractivity contribution is -0.141. The highest BCUT2D eigenvalue weighted by Gasteiger charge is 2.31. The molecule has 0 bridgehead atoms. The molecule has 7 nitrogen and oxygen atoms in total. The van der Waals surface area contributed by atoms with E-state index in [9.17, 15) is 14.4 Å². The minimum Gasteiger partial charge on any atom is -0.343 e. The van der Waals surface area contributed by atoms with Gasteiger partial charge < -0.3 is 20.0 Å². The van der Waals surface area contributed by atoms with Crippen LogP contribution < -0.4 is 5.32 Å². The fraction of sp³-hybridized carbons (Fsp3) is 0.550. The zero-order valence-electron chi connectivity index (χ0n) is 15.9. The smallest absolute Gasteiger partial charge is 0.317 e. The number of carbonyl (C=O) groups excluding carboxylic acids is 3. The first kappa shape index (κ1) is 19.2. The number of piperazine rings is 1. The van der Waals surface area contributed by atoms with Crippen LogP contribution in [0.4, 0.5) is 4.79 Å². The molecule has 0 aromatic heterocycles. The summed E-state index contributed by atoms with van der Waals surface area (Å²) in [5, 5.41) is 2.94. The molecule has 0 saturated carbocycles. The van der Waals surface area contributed by atoms with Crippen LogP contribution in [0.2, 0.25) is 0 Å². The number of nitrogens with zero attached hydrogens (tertiary/aromatic N) is 3. The number of amides is 4. The van der Waals surface area contributed by atoms with Crippen LogP contribution >= 0.6 is 0 Å². The maximum absolute atomic E-state index is 12.7. The fourth-order valence-corrected chi connectivity index (χ4v) is 3.71. The Kier molecular flexibility index (Phi) is 6.32. The largest absolute Gasteiger partial charge is 0.343 e. The molecule has 4 amide bonds. The van der Waals surface area contributed by atoms with Gasteiger partial charge in [0.25, 0.3) is 0 Å². The highest BCUT2D eigenvalue weighted by atomic mass is 16.2. The van der Waals surface area contributed by atoms with Crippen molar-refractivity contribution in [3.8, 4) is 0 Å². The van der Waals surface area contributed by atoms with Crippen LogP contribution in [0.5, 0.6) is 0 Å². The molecule has 0 radical (unpaired) electrons. The highest BCUT2D eigenvalue weighted by Crippen LogP contribution is 2.20. The summed E-state index contributed by atoms with van der Waals surface area (Å²) in [5.74, 6) is 0.248. The number of piperidine rings is 1. The van der Waals surface area contributed by atoms with Gasteiger partial charge in [-0.2, -0.15) is 0 Å². The number of rotatable bonds is 3. The van der Waals surface area contributed by atoms with E-state index < -0.39 is 0 Å². The van der Waals surface area contributed by atoms with Gasteiger partial charge in [0.1, 0.15) is 0 Å². The second-order valence-corrected chi connectivity index (χ2v) is 7.24. The quantitative estimate of drug-likeness (QED) is 0.869. The van der Waals surface area contributed by atoms with E-state index in [0.29, 0.717) is 45.8 Å². The molecule has 2 heterocycles. The van der Waals surface area contributed by atoms with E-state index in [0.717, 1.165) is 18.4 Å². The topological polar surface area (TPSA) is 73.0 Å². The van der Waals surface area contributed by atoms with E-state index in [1.807, 2.05) is 35.2 Å². The van der Waals surface area contributed by atoms with Gasteiger partial charge in [-0.3, -0.25) is 9.59 Å². The second kappa shape index (κ2) is 8.88. The lowest BCUT2D eigenvalue weighted by Gasteiger charge is -2.38. The molecule has 0 unspecified atom stereocenters. The van der Waals surface area contributed by atoms with Crippen LogP contribution in [0.25, 0.3) is 0 Å². The minimum atomic E-state index is -0.0827. The number of hydrogen-bond donors (Lipinski definition) is 1. The number of nitrogens with one attached hydrogen (secondary N) is 1. The van der Waals surface area contributed by atoms with Gasteiger partial charge in [-0.1, -0.05) is 30.3 Å². The molecule has 1 aromatic carbocycles. The van der Waals surface area contributed by atoms with E-state index in [1.165, 1.54) is 0 Å². The van der Waals surface area contributed by atoms with E-state index in [1.54, 1.807) is 16.7 Å². The molecule has 2 aliphatic heterocycles. The Labute approximate surface area is 160 Å². The van der Waals surface area contributed by atoms with E-state index in [2.05, 4.69) is 5.32 Å². The van der Waals surface area contributed by atoms with Gasteiger partial charge in [0.15, 0.2) is 0 Å². The van der Waals surface area contributed by atoms with Crippen LogP contribution in [0, 0.1) is 5.92 Å². The molecule has 2 saturated heterocycles. The first-order chi connectivity index (χ1) is 13.0. The number of likely N-dealkylation sites (tertiary alicyclic amines) is 1. The number of benzene rings is 1. The van der Waals surface area contributed by atoms with Gasteiger partial charge in [-0.05, 0) is 18.4 Å². The predicted octanol–water partition coefficient (Wildman–Crippen LogP) is 1.30. The Morgan fingerprint density at radius 2 is 1.48 bits per heavy atom.